The number of nitrogens with zero attached hydrogens (tertiary/aromatic N) is 2. The van der Waals surface area contributed by atoms with Crippen LogP contribution in [0.5, 0.6) is 0 Å². The van der Waals surface area contributed by atoms with Gasteiger partial charge >= 0.3 is 0 Å². The number of hydrogen-bond donors (Lipinski definition) is 0. The van der Waals surface area contributed by atoms with Crippen LogP contribution in [0, 0.1) is 5.92 Å². The van der Waals surface area contributed by atoms with Gasteiger partial charge < -0.3 is 0 Å². The third kappa shape index (κ3) is 4.90. The first-order valence-corrected chi connectivity index (χ1v) is 10.2. The van der Waals surface area contributed by atoms with Crippen LogP contribution in [-0.2, 0) is 6.42 Å². The third-order valence-corrected chi connectivity index (χ3v) is 5.82. The van der Waals surface area contributed by atoms with Crippen molar-refractivity contribution in [1.29, 1.82) is 0 Å². The van der Waals surface area contributed by atoms with Gasteiger partial charge in [0.1, 0.15) is 0 Å². The molecule has 2 aromatic rings. The minimum absolute atomic E-state index is 0.617. The molecule has 1 aliphatic carbocycles. The minimum Gasteiger partial charge on any atom is -0.155 e. The summed E-state index contributed by atoms with van der Waals surface area (Å²) >= 11 is 0. The molecule has 0 unspecified atom stereocenters. The fourth-order valence-corrected chi connectivity index (χ4v) is 4.06. The van der Waals surface area contributed by atoms with Crippen LogP contribution in [-0.4, -0.2) is 10.2 Å². The summed E-state index contributed by atoms with van der Waals surface area (Å²) in [5.74, 6) is 1.57. The Morgan fingerprint density at radius 2 is 1.60 bits per heavy atom. The molecule has 0 N–H and O–H groups in total. The van der Waals surface area contributed by atoms with E-state index in [2.05, 4.69) is 60.4 Å². The highest BCUT2D eigenvalue weighted by molar-refractivity contribution is 5.58. The minimum atomic E-state index is 0.617. The maximum Gasteiger partial charge on any atom is 0.0929 e. The highest BCUT2D eigenvalue weighted by Crippen LogP contribution is 2.37. The number of aromatic nitrogens is 2. The van der Waals surface area contributed by atoms with Crippen LogP contribution >= 0.6 is 0 Å². The Morgan fingerprint density at radius 1 is 0.840 bits per heavy atom. The Balaban J connectivity index is 1.56. The topological polar surface area (TPSA) is 25.8 Å². The first-order valence-electron chi connectivity index (χ1n) is 10.2. The molecule has 0 saturated heterocycles. The van der Waals surface area contributed by atoms with Gasteiger partial charge in [-0.3, -0.25) is 0 Å². The van der Waals surface area contributed by atoms with Gasteiger partial charge in [-0.05, 0) is 55.7 Å². The maximum absolute atomic E-state index is 4.57. The molecule has 0 amide bonds. The molecule has 0 spiro atoms. The molecule has 1 aliphatic rings. The van der Waals surface area contributed by atoms with E-state index in [1.54, 1.807) is 0 Å². The lowest BCUT2D eigenvalue weighted by atomic mass is 9.78. The van der Waals surface area contributed by atoms with E-state index in [4.69, 9.17) is 0 Å². The molecule has 1 fully saturated rings. The number of unbranched alkanes of at least 4 members (excludes halogenated alkanes) is 2. The standard InChI is InChI=1S/C23H32N2/c1-3-5-6-7-19-10-14-21(15-11-19)23-17-16-22(24-25-23)20-12-8-18(4-2)9-13-20/h8-9,12-13,16-17,19,21H,3-7,10-11,14-15H2,1-2H3. The zero-order valence-electron chi connectivity index (χ0n) is 15.9. The predicted octanol–water partition coefficient (Wildman–Crippen LogP) is 6.56. The van der Waals surface area contributed by atoms with Crippen molar-refractivity contribution in [3.63, 3.8) is 0 Å². The van der Waals surface area contributed by atoms with Crippen LogP contribution in [0.2, 0.25) is 0 Å². The Hall–Kier alpha value is -1.70. The molecule has 1 saturated carbocycles. The molecule has 1 aromatic heterocycles. The van der Waals surface area contributed by atoms with E-state index in [-0.39, 0.29) is 0 Å². The van der Waals surface area contributed by atoms with Gasteiger partial charge in [-0.15, -0.1) is 0 Å². The van der Waals surface area contributed by atoms with Crippen LogP contribution in [0.4, 0.5) is 0 Å². The summed E-state index contributed by atoms with van der Waals surface area (Å²) in [7, 11) is 0. The molecule has 0 aliphatic heterocycles. The molecule has 3 rings (SSSR count). The largest absolute Gasteiger partial charge is 0.155 e. The second kappa shape index (κ2) is 9.12. The van der Waals surface area contributed by atoms with Crippen molar-refractivity contribution in [1.82, 2.24) is 10.2 Å². The normalized spacial score (nSPS) is 20.6. The van der Waals surface area contributed by atoms with Gasteiger partial charge in [0.05, 0.1) is 11.4 Å². The molecule has 134 valence electrons. The zero-order valence-corrected chi connectivity index (χ0v) is 15.9. The van der Waals surface area contributed by atoms with Crippen molar-refractivity contribution < 1.29 is 0 Å². The van der Waals surface area contributed by atoms with E-state index in [1.165, 1.54) is 62.6 Å². The lowest BCUT2D eigenvalue weighted by molar-refractivity contribution is 0.299. The number of rotatable bonds is 7. The van der Waals surface area contributed by atoms with Crippen molar-refractivity contribution in [2.24, 2.45) is 5.92 Å². The van der Waals surface area contributed by atoms with Crippen LogP contribution < -0.4 is 0 Å². The molecule has 1 heterocycles. The smallest absolute Gasteiger partial charge is 0.0929 e. The van der Waals surface area contributed by atoms with Crippen molar-refractivity contribution in [2.45, 2.75) is 77.6 Å². The van der Waals surface area contributed by atoms with Crippen molar-refractivity contribution in [3.05, 3.63) is 47.7 Å². The highest BCUT2D eigenvalue weighted by Gasteiger charge is 2.23. The highest BCUT2D eigenvalue weighted by atomic mass is 15.1. The van der Waals surface area contributed by atoms with Gasteiger partial charge in [0.15, 0.2) is 0 Å². The first kappa shape index (κ1) is 18.1. The van der Waals surface area contributed by atoms with Gasteiger partial charge in [0.25, 0.3) is 0 Å². The monoisotopic (exact) mass is 336 g/mol. The first-order chi connectivity index (χ1) is 12.3. The fourth-order valence-electron chi connectivity index (χ4n) is 4.06. The lowest BCUT2D eigenvalue weighted by Gasteiger charge is -2.28. The summed E-state index contributed by atoms with van der Waals surface area (Å²) < 4.78 is 0. The molecular formula is C23H32N2. The van der Waals surface area contributed by atoms with Crippen molar-refractivity contribution >= 4 is 0 Å². The average molecular weight is 337 g/mol. The Morgan fingerprint density at radius 3 is 2.20 bits per heavy atom. The quantitative estimate of drug-likeness (QED) is 0.535. The van der Waals surface area contributed by atoms with Gasteiger partial charge in [0, 0.05) is 11.5 Å². The van der Waals surface area contributed by atoms with Crippen LogP contribution in [0.25, 0.3) is 11.3 Å². The van der Waals surface area contributed by atoms with Gasteiger partial charge in [-0.25, -0.2) is 0 Å². The average Bonchev–Trinajstić information content (AvgIpc) is 2.69. The van der Waals surface area contributed by atoms with E-state index in [1.807, 2.05) is 0 Å². The second-order valence-corrected chi connectivity index (χ2v) is 7.61. The summed E-state index contributed by atoms with van der Waals surface area (Å²) in [5, 5.41) is 9.08. The molecule has 0 bridgehead atoms. The van der Waals surface area contributed by atoms with Gasteiger partial charge in [-0.2, -0.15) is 10.2 Å². The second-order valence-electron chi connectivity index (χ2n) is 7.61. The number of hydrogen-bond acceptors (Lipinski definition) is 2. The SMILES string of the molecule is CCCCCC1CCC(c2ccc(-c3ccc(CC)cc3)nn2)CC1. The van der Waals surface area contributed by atoms with Gasteiger partial charge in [0.2, 0.25) is 0 Å². The molecule has 0 radical (unpaired) electrons. The lowest BCUT2D eigenvalue weighted by Crippen LogP contribution is -2.14. The Labute approximate surface area is 153 Å². The summed E-state index contributed by atoms with van der Waals surface area (Å²) in [6, 6.07) is 13.0. The van der Waals surface area contributed by atoms with E-state index in [0.717, 1.165) is 23.6 Å². The molecule has 25 heavy (non-hydrogen) atoms. The summed E-state index contributed by atoms with van der Waals surface area (Å²) in [4.78, 5) is 0. The number of benzene rings is 1. The molecule has 2 nitrogen and oxygen atoms in total. The zero-order chi connectivity index (χ0) is 17.5. The van der Waals surface area contributed by atoms with Crippen LogP contribution in [0.3, 0.4) is 0 Å². The summed E-state index contributed by atoms with van der Waals surface area (Å²) in [6.07, 6.45) is 12.0. The third-order valence-electron chi connectivity index (χ3n) is 5.82. The van der Waals surface area contributed by atoms with E-state index >= 15 is 0 Å². The molecule has 2 heteroatoms. The van der Waals surface area contributed by atoms with E-state index < -0.39 is 0 Å². The van der Waals surface area contributed by atoms with Crippen LogP contribution in [0.15, 0.2) is 36.4 Å². The van der Waals surface area contributed by atoms with E-state index in [0.29, 0.717) is 5.92 Å². The maximum atomic E-state index is 4.57. The fraction of sp³-hybridized carbons (Fsp3) is 0.565. The predicted molar refractivity (Wildman–Crippen MR) is 106 cm³/mol. The molecular weight excluding hydrogens is 304 g/mol. The number of aryl methyl sites for hydroxylation is 1. The Bertz CT molecular complexity index is 622. The van der Waals surface area contributed by atoms with Crippen molar-refractivity contribution in [3.8, 4) is 11.3 Å². The molecule has 0 atom stereocenters. The van der Waals surface area contributed by atoms with E-state index in [9.17, 15) is 0 Å². The van der Waals surface area contributed by atoms with Crippen molar-refractivity contribution in [2.75, 3.05) is 0 Å². The molecule has 1 aromatic carbocycles. The summed E-state index contributed by atoms with van der Waals surface area (Å²) in [6.45, 7) is 4.47. The Kier molecular flexibility index (Phi) is 6.61. The van der Waals surface area contributed by atoms with Crippen LogP contribution in [0.1, 0.15) is 82.4 Å². The van der Waals surface area contributed by atoms with Gasteiger partial charge in [-0.1, -0.05) is 63.8 Å². The summed E-state index contributed by atoms with van der Waals surface area (Å²) in [5.41, 5.74) is 4.71.